The van der Waals surface area contributed by atoms with Crippen molar-refractivity contribution in [1.82, 2.24) is 4.98 Å². The van der Waals surface area contributed by atoms with Gasteiger partial charge in [0, 0.05) is 6.54 Å². The van der Waals surface area contributed by atoms with Gasteiger partial charge in [0.25, 0.3) is 0 Å². The summed E-state index contributed by atoms with van der Waals surface area (Å²) in [6, 6.07) is 8.81. The lowest BCUT2D eigenvalue weighted by Crippen LogP contribution is -2.05. The second kappa shape index (κ2) is 5.55. The molecule has 2 aromatic rings. The van der Waals surface area contributed by atoms with Crippen LogP contribution in [0.1, 0.15) is 11.4 Å². The molecule has 1 heterocycles. The van der Waals surface area contributed by atoms with Crippen molar-refractivity contribution in [3.63, 3.8) is 0 Å². The first-order chi connectivity index (χ1) is 8.70. The van der Waals surface area contributed by atoms with Crippen LogP contribution >= 0.6 is 0 Å². The molecule has 3 nitrogen and oxygen atoms in total. The number of hydrogen-bond donors (Lipinski definition) is 1. The number of ether oxygens (including phenoxy) is 1. The third-order valence-corrected chi connectivity index (χ3v) is 2.36. The highest BCUT2D eigenvalue weighted by Gasteiger charge is 2.09. The highest BCUT2D eigenvalue weighted by atomic mass is 19.1. The Balaban J connectivity index is 2.11. The number of para-hydroxylation sites is 1. The highest BCUT2D eigenvalue weighted by Crippen LogP contribution is 2.21. The fourth-order valence-corrected chi connectivity index (χ4v) is 1.49. The molecule has 2 rings (SSSR count). The Morgan fingerprint density at radius 2 is 1.61 bits per heavy atom. The molecule has 18 heavy (non-hydrogen) atoms. The number of hydrogen-bond acceptors (Lipinski definition) is 3. The zero-order chi connectivity index (χ0) is 13.0. The summed E-state index contributed by atoms with van der Waals surface area (Å²) in [6.07, 6.45) is 0. The summed E-state index contributed by atoms with van der Waals surface area (Å²) < 4.78 is 31.7. The maximum Gasteiger partial charge on any atom is 0.191 e. The molecule has 2 N–H and O–H groups in total. The van der Waals surface area contributed by atoms with Gasteiger partial charge in [-0.3, -0.25) is 4.98 Å². The van der Waals surface area contributed by atoms with Crippen LogP contribution < -0.4 is 10.5 Å². The van der Waals surface area contributed by atoms with Gasteiger partial charge in [-0.25, -0.2) is 8.78 Å². The highest BCUT2D eigenvalue weighted by molar-refractivity contribution is 5.26. The topological polar surface area (TPSA) is 48.1 Å². The van der Waals surface area contributed by atoms with Crippen LogP contribution in [-0.4, -0.2) is 4.98 Å². The molecule has 0 saturated heterocycles. The molecule has 0 aliphatic carbocycles. The first-order valence-electron chi connectivity index (χ1n) is 5.42. The zero-order valence-electron chi connectivity index (χ0n) is 9.57. The molecule has 0 saturated carbocycles. The molecular formula is C13H12F2N2O. The van der Waals surface area contributed by atoms with Crippen LogP contribution in [0.3, 0.4) is 0 Å². The van der Waals surface area contributed by atoms with Crippen molar-refractivity contribution >= 4 is 0 Å². The molecule has 1 aromatic heterocycles. The van der Waals surface area contributed by atoms with E-state index in [1.54, 1.807) is 18.2 Å². The molecule has 0 radical (unpaired) electrons. The molecule has 0 amide bonds. The second-order valence-corrected chi connectivity index (χ2v) is 3.66. The molecule has 0 bridgehead atoms. The Morgan fingerprint density at radius 3 is 2.28 bits per heavy atom. The molecule has 0 fully saturated rings. The monoisotopic (exact) mass is 250 g/mol. The summed E-state index contributed by atoms with van der Waals surface area (Å²) in [4.78, 5) is 4.17. The quantitative estimate of drug-likeness (QED) is 0.906. The van der Waals surface area contributed by atoms with E-state index in [1.807, 2.05) is 0 Å². The molecule has 0 aliphatic rings. The van der Waals surface area contributed by atoms with E-state index >= 15 is 0 Å². The van der Waals surface area contributed by atoms with Gasteiger partial charge in [-0.2, -0.15) is 0 Å². The lowest BCUT2D eigenvalue weighted by Gasteiger charge is -2.08. The van der Waals surface area contributed by atoms with Gasteiger partial charge >= 0.3 is 0 Å². The maximum absolute atomic E-state index is 13.3. The fourth-order valence-electron chi connectivity index (χ4n) is 1.49. The lowest BCUT2D eigenvalue weighted by atomic mass is 10.3. The maximum atomic E-state index is 13.3. The zero-order valence-corrected chi connectivity index (χ0v) is 9.57. The summed E-state index contributed by atoms with van der Waals surface area (Å²) in [5, 5.41) is 0. The van der Waals surface area contributed by atoms with Gasteiger partial charge in [0.05, 0.1) is 11.4 Å². The predicted octanol–water partition coefficient (Wildman–Crippen LogP) is 2.40. The normalized spacial score (nSPS) is 10.4. The number of aromatic nitrogens is 1. The standard InChI is InChI=1S/C13H12F2N2O/c14-11-5-2-6-12(15)13(11)18-8-10-4-1-3-9(7-16)17-10/h1-6H,7-8,16H2. The predicted molar refractivity (Wildman–Crippen MR) is 62.8 cm³/mol. The lowest BCUT2D eigenvalue weighted by molar-refractivity contribution is 0.270. The molecule has 0 atom stereocenters. The first-order valence-corrected chi connectivity index (χ1v) is 5.42. The van der Waals surface area contributed by atoms with Crippen LogP contribution in [-0.2, 0) is 13.2 Å². The van der Waals surface area contributed by atoms with Gasteiger partial charge in [0.1, 0.15) is 6.61 Å². The van der Waals surface area contributed by atoms with Crippen molar-refractivity contribution in [3.05, 3.63) is 59.4 Å². The summed E-state index contributed by atoms with van der Waals surface area (Å²) >= 11 is 0. The fraction of sp³-hybridized carbons (Fsp3) is 0.154. The van der Waals surface area contributed by atoms with E-state index in [9.17, 15) is 8.78 Å². The summed E-state index contributed by atoms with van der Waals surface area (Å²) in [7, 11) is 0. The Kier molecular flexibility index (Phi) is 3.84. The number of halogens is 2. The van der Waals surface area contributed by atoms with Crippen molar-refractivity contribution in [2.75, 3.05) is 0 Å². The summed E-state index contributed by atoms with van der Waals surface area (Å²) in [5.41, 5.74) is 6.72. The average molecular weight is 250 g/mol. The number of rotatable bonds is 4. The first kappa shape index (κ1) is 12.4. The van der Waals surface area contributed by atoms with Gasteiger partial charge in [-0.05, 0) is 24.3 Å². The van der Waals surface area contributed by atoms with Crippen molar-refractivity contribution in [2.24, 2.45) is 5.73 Å². The van der Waals surface area contributed by atoms with Crippen LogP contribution in [0.5, 0.6) is 5.75 Å². The van der Waals surface area contributed by atoms with Crippen molar-refractivity contribution in [3.8, 4) is 5.75 Å². The van der Waals surface area contributed by atoms with Gasteiger partial charge in [-0.15, -0.1) is 0 Å². The number of benzene rings is 1. The molecule has 1 aromatic carbocycles. The van der Waals surface area contributed by atoms with Crippen LogP contribution in [0.2, 0.25) is 0 Å². The van der Waals surface area contributed by atoms with Gasteiger partial charge in [-0.1, -0.05) is 12.1 Å². The van der Waals surface area contributed by atoms with E-state index in [-0.39, 0.29) is 6.61 Å². The van der Waals surface area contributed by atoms with E-state index in [2.05, 4.69) is 4.98 Å². The van der Waals surface area contributed by atoms with Crippen molar-refractivity contribution in [1.29, 1.82) is 0 Å². The van der Waals surface area contributed by atoms with Crippen molar-refractivity contribution < 1.29 is 13.5 Å². The Morgan fingerprint density at radius 1 is 1.00 bits per heavy atom. The molecule has 0 spiro atoms. The van der Waals surface area contributed by atoms with Gasteiger partial charge in [0.15, 0.2) is 17.4 Å². The van der Waals surface area contributed by atoms with Crippen LogP contribution in [0.25, 0.3) is 0 Å². The largest absolute Gasteiger partial charge is 0.481 e. The Labute approximate surface area is 103 Å². The molecule has 0 aliphatic heterocycles. The molecular weight excluding hydrogens is 238 g/mol. The van der Waals surface area contributed by atoms with E-state index < -0.39 is 17.4 Å². The second-order valence-electron chi connectivity index (χ2n) is 3.66. The van der Waals surface area contributed by atoms with E-state index in [4.69, 9.17) is 10.5 Å². The van der Waals surface area contributed by atoms with E-state index in [0.717, 1.165) is 12.1 Å². The van der Waals surface area contributed by atoms with Crippen LogP contribution in [0.15, 0.2) is 36.4 Å². The molecule has 0 unspecified atom stereocenters. The summed E-state index contributed by atoms with van der Waals surface area (Å²) in [6.45, 7) is 0.299. The van der Waals surface area contributed by atoms with E-state index in [1.165, 1.54) is 6.07 Å². The third kappa shape index (κ3) is 2.81. The van der Waals surface area contributed by atoms with Crippen LogP contribution in [0.4, 0.5) is 8.78 Å². The minimum atomic E-state index is -0.732. The number of nitrogens with two attached hydrogens (primary N) is 1. The van der Waals surface area contributed by atoms with Gasteiger partial charge in [0.2, 0.25) is 0 Å². The minimum absolute atomic E-state index is 0.00824. The SMILES string of the molecule is NCc1cccc(COc2c(F)cccc2F)n1. The third-order valence-electron chi connectivity index (χ3n) is 2.36. The van der Waals surface area contributed by atoms with Crippen LogP contribution in [0, 0.1) is 11.6 Å². The minimum Gasteiger partial charge on any atom is -0.481 e. The number of pyridine rings is 1. The smallest absolute Gasteiger partial charge is 0.191 e. The Hall–Kier alpha value is -2.01. The Bertz CT molecular complexity index is 526. The molecule has 5 heteroatoms. The molecule has 94 valence electrons. The van der Waals surface area contributed by atoms with Crippen molar-refractivity contribution in [2.45, 2.75) is 13.2 Å². The van der Waals surface area contributed by atoms with Gasteiger partial charge < -0.3 is 10.5 Å². The number of nitrogens with zero attached hydrogens (tertiary/aromatic N) is 1. The summed E-state index contributed by atoms with van der Waals surface area (Å²) in [5.74, 6) is -1.85. The average Bonchev–Trinajstić information content (AvgIpc) is 2.38. The van der Waals surface area contributed by atoms with E-state index in [0.29, 0.717) is 17.9 Å².